The minimum atomic E-state index is -0.816. The third-order valence-corrected chi connectivity index (χ3v) is 8.05. The van der Waals surface area contributed by atoms with E-state index in [1.54, 1.807) is 12.1 Å². The first-order valence-corrected chi connectivity index (χ1v) is 15.5. The highest BCUT2D eigenvalue weighted by atomic mass is 16.5. The van der Waals surface area contributed by atoms with Crippen molar-refractivity contribution >= 4 is 45.7 Å². The lowest BCUT2D eigenvalue weighted by molar-refractivity contribution is -0.141. The lowest BCUT2D eigenvalue weighted by atomic mass is 9.86. The van der Waals surface area contributed by atoms with Crippen molar-refractivity contribution in [3.05, 3.63) is 78.1 Å². The van der Waals surface area contributed by atoms with Crippen molar-refractivity contribution < 1.29 is 23.9 Å². The van der Waals surface area contributed by atoms with Crippen LogP contribution in [0.3, 0.4) is 0 Å². The highest BCUT2D eigenvalue weighted by Gasteiger charge is 2.24. The number of nitrogens with zero attached hydrogens (tertiary/aromatic N) is 3. The lowest BCUT2D eigenvalue weighted by Gasteiger charge is -2.26. The lowest BCUT2D eigenvalue weighted by Crippen LogP contribution is -2.35. The van der Waals surface area contributed by atoms with E-state index in [4.69, 9.17) is 14.5 Å². The Hall–Kier alpha value is -5.00. The molecule has 0 unspecified atom stereocenters. The summed E-state index contributed by atoms with van der Waals surface area (Å²) >= 11 is 0. The Balaban J connectivity index is 1.40. The number of hydrogen-bond acceptors (Lipinski definition) is 7. The van der Waals surface area contributed by atoms with Crippen molar-refractivity contribution in [2.75, 3.05) is 63.5 Å². The molecule has 2 heterocycles. The summed E-state index contributed by atoms with van der Waals surface area (Å²) in [5.41, 5.74) is 4.71. The number of aromatic nitrogens is 1. The van der Waals surface area contributed by atoms with Crippen LogP contribution in [0.25, 0.3) is 21.9 Å². The quantitative estimate of drug-likeness (QED) is 0.222. The van der Waals surface area contributed by atoms with Crippen molar-refractivity contribution in [3.8, 4) is 16.9 Å². The fourth-order valence-corrected chi connectivity index (χ4v) is 5.45. The Morgan fingerprint density at radius 2 is 1.55 bits per heavy atom. The van der Waals surface area contributed by atoms with Gasteiger partial charge in [-0.05, 0) is 46.2 Å². The van der Waals surface area contributed by atoms with Crippen LogP contribution in [0.5, 0.6) is 5.75 Å². The van der Waals surface area contributed by atoms with Gasteiger partial charge >= 0.3 is 17.8 Å². The molecule has 11 heteroatoms. The average molecular weight is 639 g/mol. The van der Waals surface area contributed by atoms with E-state index in [0.29, 0.717) is 11.4 Å². The number of fused-ring (bicyclic) bond motifs is 1. The molecule has 11 nitrogen and oxygen atoms in total. The van der Waals surface area contributed by atoms with Gasteiger partial charge in [-0.25, -0.2) is 4.79 Å². The Bertz CT molecular complexity index is 1780. The van der Waals surface area contributed by atoms with Crippen LogP contribution in [0.4, 0.5) is 21.9 Å². The molecular formula is C36H42N6O5. The second-order valence-corrected chi connectivity index (χ2v) is 12.7. The molecule has 5 rings (SSSR count). The van der Waals surface area contributed by atoms with E-state index in [1.807, 2.05) is 63.4 Å². The number of urea groups is 1. The number of rotatable bonds is 7. The number of hydrogen-bond donors (Lipinski definition) is 3. The van der Waals surface area contributed by atoms with Crippen LogP contribution in [0.15, 0.2) is 66.9 Å². The summed E-state index contributed by atoms with van der Waals surface area (Å²) in [4.78, 5) is 46.7. The highest BCUT2D eigenvalue weighted by molar-refractivity contribution is 6.39. The van der Waals surface area contributed by atoms with E-state index in [0.717, 1.165) is 66.0 Å². The van der Waals surface area contributed by atoms with Crippen molar-refractivity contribution in [1.29, 1.82) is 0 Å². The number of carbonyl (C=O) groups is 3. The van der Waals surface area contributed by atoms with Crippen molar-refractivity contribution in [2.24, 2.45) is 0 Å². The molecule has 0 spiro atoms. The van der Waals surface area contributed by atoms with Crippen LogP contribution in [0.2, 0.25) is 0 Å². The zero-order valence-electron chi connectivity index (χ0n) is 27.8. The van der Waals surface area contributed by atoms with Gasteiger partial charge in [0.15, 0.2) is 5.75 Å². The Morgan fingerprint density at radius 1 is 0.894 bits per heavy atom. The van der Waals surface area contributed by atoms with Crippen molar-refractivity contribution in [1.82, 2.24) is 14.8 Å². The van der Waals surface area contributed by atoms with E-state index in [9.17, 15) is 14.4 Å². The standard InChI is InChI=1S/C36H42N6O5/c1-36(2,3)24-19-30(38-33(43)34(44)41(4)5)32(46-6)31(20-24)40-35(45)39-29-14-13-26(27-9-7-8-10-28(27)29)23-11-12-25(37-21-23)22-42-15-17-47-18-16-42/h7-14,19-21H,15-18,22H2,1-6H3,(H,38,43)(H2,39,40,45). The first kappa shape index (κ1) is 33.4. The molecule has 4 aromatic rings. The Kier molecular flexibility index (Phi) is 10.1. The van der Waals surface area contributed by atoms with E-state index < -0.39 is 17.8 Å². The largest absolute Gasteiger partial charge is 0.492 e. The first-order chi connectivity index (χ1) is 22.4. The van der Waals surface area contributed by atoms with E-state index in [1.165, 1.54) is 26.1 Å². The van der Waals surface area contributed by atoms with Crippen LogP contribution in [-0.4, -0.2) is 80.1 Å². The number of benzene rings is 3. The van der Waals surface area contributed by atoms with Gasteiger partial charge in [0, 0.05) is 50.9 Å². The summed E-state index contributed by atoms with van der Waals surface area (Å²) in [7, 11) is 4.44. The smallest absolute Gasteiger partial charge is 0.323 e. The molecular weight excluding hydrogens is 596 g/mol. The predicted octanol–water partition coefficient (Wildman–Crippen LogP) is 5.71. The molecule has 0 radical (unpaired) electrons. The molecule has 1 aliphatic heterocycles. The molecule has 1 aromatic heterocycles. The van der Waals surface area contributed by atoms with Crippen molar-refractivity contribution in [2.45, 2.75) is 32.7 Å². The summed E-state index contributed by atoms with van der Waals surface area (Å²) in [6, 6.07) is 18.9. The zero-order chi connectivity index (χ0) is 33.7. The Labute approximate surface area is 275 Å². The molecule has 0 saturated carbocycles. The maximum Gasteiger partial charge on any atom is 0.323 e. The molecule has 4 amide bonds. The summed E-state index contributed by atoms with van der Waals surface area (Å²) in [5, 5.41) is 10.4. The second kappa shape index (κ2) is 14.2. The second-order valence-electron chi connectivity index (χ2n) is 12.7. The molecule has 246 valence electrons. The minimum Gasteiger partial charge on any atom is -0.492 e. The number of anilines is 3. The van der Waals surface area contributed by atoms with Gasteiger partial charge in [0.25, 0.3) is 0 Å². The van der Waals surface area contributed by atoms with Gasteiger partial charge < -0.3 is 30.3 Å². The molecule has 47 heavy (non-hydrogen) atoms. The number of ether oxygens (including phenoxy) is 2. The Morgan fingerprint density at radius 3 is 2.17 bits per heavy atom. The van der Waals surface area contributed by atoms with Crippen LogP contribution in [0.1, 0.15) is 32.0 Å². The number of likely N-dealkylation sites (N-methyl/N-ethyl adjacent to an activating group) is 1. The van der Waals surface area contributed by atoms with E-state index >= 15 is 0 Å². The summed E-state index contributed by atoms with van der Waals surface area (Å²) in [6.07, 6.45) is 1.90. The maximum atomic E-state index is 13.5. The van der Waals surface area contributed by atoms with Gasteiger partial charge in [-0.15, -0.1) is 0 Å². The van der Waals surface area contributed by atoms with Gasteiger partial charge in [0.2, 0.25) is 0 Å². The number of carbonyl (C=O) groups excluding carboxylic acids is 3. The number of pyridine rings is 1. The monoisotopic (exact) mass is 638 g/mol. The normalized spacial score (nSPS) is 13.6. The molecule has 0 bridgehead atoms. The van der Waals surface area contributed by atoms with Crippen LogP contribution in [0, 0.1) is 0 Å². The summed E-state index contributed by atoms with van der Waals surface area (Å²) in [5.74, 6) is -1.31. The number of nitrogens with one attached hydrogen (secondary N) is 3. The highest BCUT2D eigenvalue weighted by Crippen LogP contribution is 2.39. The molecule has 3 aromatic carbocycles. The van der Waals surface area contributed by atoms with Gasteiger partial charge in [-0.1, -0.05) is 57.2 Å². The molecule has 0 aliphatic carbocycles. The van der Waals surface area contributed by atoms with Gasteiger partial charge in [-0.2, -0.15) is 0 Å². The molecule has 1 saturated heterocycles. The minimum absolute atomic E-state index is 0.220. The van der Waals surface area contributed by atoms with Crippen molar-refractivity contribution in [3.63, 3.8) is 0 Å². The van der Waals surface area contributed by atoms with E-state index in [-0.39, 0.29) is 16.9 Å². The summed E-state index contributed by atoms with van der Waals surface area (Å²) in [6.45, 7) is 10.1. The zero-order valence-corrected chi connectivity index (χ0v) is 27.8. The maximum absolute atomic E-state index is 13.5. The third-order valence-electron chi connectivity index (χ3n) is 8.05. The third kappa shape index (κ3) is 7.87. The fourth-order valence-electron chi connectivity index (χ4n) is 5.45. The van der Waals surface area contributed by atoms with Gasteiger partial charge in [-0.3, -0.25) is 19.5 Å². The van der Waals surface area contributed by atoms with Crippen LogP contribution >= 0.6 is 0 Å². The van der Waals surface area contributed by atoms with Crippen LogP contribution in [-0.2, 0) is 26.3 Å². The predicted molar refractivity (Wildman–Crippen MR) is 185 cm³/mol. The molecule has 3 N–H and O–H groups in total. The van der Waals surface area contributed by atoms with Crippen LogP contribution < -0.4 is 20.7 Å². The number of methoxy groups -OCH3 is 1. The molecule has 1 aliphatic rings. The SMILES string of the molecule is COc1c(NC(=O)Nc2ccc(-c3ccc(CN4CCOCC4)nc3)c3ccccc23)cc(C(C)(C)C)cc1NC(=O)C(=O)N(C)C. The number of morpholine rings is 1. The van der Waals surface area contributed by atoms with Gasteiger partial charge in [0.05, 0.1) is 43.1 Å². The topological polar surface area (TPSA) is 125 Å². The first-order valence-electron chi connectivity index (χ1n) is 15.5. The summed E-state index contributed by atoms with van der Waals surface area (Å²) < 4.78 is 11.1. The molecule has 0 atom stereocenters. The van der Waals surface area contributed by atoms with Gasteiger partial charge in [0.1, 0.15) is 0 Å². The average Bonchev–Trinajstić information content (AvgIpc) is 3.05. The van der Waals surface area contributed by atoms with E-state index in [2.05, 4.69) is 33.0 Å². The fraction of sp³-hybridized carbons (Fsp3) is 0.333. The molecule has 1 fully saturated rings. The number of amides is 4.